The summed E-state index contributed by atoms with van der Waals surface area (Å²) in [6.07, 6.45) is 6.15. The molecule has 1 unspecified atom stereocenters. The minimum atomic E-state index is -0.339. The smallest absolute Gasteiger partial charge is 0.161 e. The van der Waals surface area contributed by atoms with Gasteiger partial charge >= 0.3 is 0 Å². The molecule has 0 radical (unpaired) electrons. The number of halogens is 1. The van der Waals surface area contributed by atoms with Gasteiger partial charge in [0.05, 0.1) is 5.70 Å². The first-order chi connectivity index (χ1) is 14.0. The van der Waals surface area contributed by atoms with Crippen LogP contribution in [0, 0.1) is 0 Å². The first kappa shape index (κ1) is 24.7. The number of carbonyl (C=O) groups is 1. The fourth-order valence-corrected chi connectivity index (χ4v) is 3.43. The van der Waals surface area contributed by atoms with Crippen LogP contribution in [-0.2, 0) is 9.53 Å². The Labute approximate surface area is 179 Å². The standard InChI is InChI=1S/C21H26ClN3O.C2H6O/c1-4-9-17-20(18(26)10-5-2)19(14-11-7-8-12-16(14)22)15(13-24-6-3)21(23)25-17;1-3-2/h6-8,11-13,19,24H,3-5,9-10H2,1-2H3,(H2,23,25);1-2H3/b15-13-;. The summed E-state index contributed by atoms with van der Waals surface area (Å²) >= 11 is 6.49. The molecule has 29 heavy (non-hydrogen) atoms. The van der Waals surface area contributed by atoms with E-state index in [0.29, 0.717) is 29.3 Å². The van der Waals surface area contributed by atoms with Gasteiger partial charge in [0.2, 0.25) is 0 Å². The van der Waals surface area contributed by atoms with Crippen molar-refractivity contribution in [3.8, 4) is 0 Å². The van der Waals surface area contributed by atoms with E-state index in [1.165, 1.54) is 0 Å². The molecule has 2 rings (SSSR count). The lowest BCUT2D eigenvalue weighted by Gasteiger charge is -2.29. The maximum atomic E-state index is 13.0. The number of hydrogen-bond acceptors (Lipinski definition) is 5. The van der Waals surface area contributed by atoms with E-state index in [4.69, 9.17) is 17.3 Å². The molecule has 1 aromatic rings. The Morgan fingerprint density at radius 1 is 1.31 bits per heavy atom. The van der Waals surface area contributed by atoms with Gasteiger partial charge in [-0.2, -0.15) is 0 Å². The molecule has 0 spiro atoms. The Morgan fingerprint density at radius 3 is 2.52 bits per heavy atom. The molecular formula is C23H32ClN3O2. The molecule has 1 aliphatic heterocycles. The molecule has 0 bridgehead atoms. The molecule has 1 heterocycles. The monoisotopic (exact) mass is 417 g/mol. The molecule has 6 heteroatoms. The Morgan fingerprint density at radius 2 is 1.97 bits per heavy atom. The van der Waals surface area contributed by atoms with Crippen LogP contribution in [0.4, 0.5) is 0 Å². The summed E-state index contributed by atoms with van der Waals surface area (Å²) in [4.78, 5) is 17.6. The molecule has 1 aliphatic rings. The zero-order valence-corrected chi connectivity index (χ0v) is 18.6. The summed E-state index contributed by atoms with van der Waals surface area (Å²) in [6.45, 7) is 7.74. The number of rotatable bonds is 8. The number of hydrogen-bond donors (Lipinski definition) is 2. The molecule has 158 valence electrons. The highest BCUT2D eigenvalue weighted by molar-refractivity contribution is 6.31. The fraction of sp³-hybridized carbons (Fsp3) is 0.391. The lowest BCUT2D eigenvalue weighted by atomic mass is 9.78. The number of aliphatic imine (C=N–C) groups is 1. The number of allylic oxidation sites excluding steroid dienone is 2. The number of nitrogens with two attached hydrogens (primary N) is 1. The van der Waals surface area contributed by atoms with Crippen LogP contribution in [0.1, 0.15) is 51.0 Å². The van der Waals surface area contributed by atoms with E-state index < -0.39 is 0 Å². The Kier molecular flexibility index (Phi) is 11.0. The van der Waals surface area contributed by atoms with Gasteiger partial charge in [0.15, 0.2) is 5.78 Å². The first-order valence-corrected chi connectivity index (χ1v) is 10.2. The predicted octanol–water partition coefficient (Wildman–Crippen LogP) is 5.10. The van der Waals surface area contributed by atoms with Crippen LogP contribution in [-0.4, -0.2) is 25.8 Å². The molecule has 5 nitrogen and oxygen atoms in total. The second-order valence-corrected chi connectivity index (χ2v) is 7.02. The third-order valence-electron chi connectivity index (χ3n) is 4.30. The van der Waals surface area contributed by atoms with Gasteiger partial charge in [0.1, 0.15) is 5.84 Å². The van der Waals surface area contributed by atoms with Crippen molar-refractivity contribution < 1.29 is 9.53 Å². The van der Waals surface area contributed by atoms with E-state index in [1.54, 1.807) is 26.6 Å². The quantitative estimate of drug-likeness (QED) is 0.617. The molecular weight excluding hydrogens is 386 g/mol. The number of nitrogens with one attached hydrogen (secondary N) is 1. The molecule has 0 saturated heterocycles. The number of benzene rings is 1. The highest BCUT2D eigenvalue weighted by Gasteiger charge is 2.34. The summed E-state index contributed by atoms with van der Waals surface area (Å²) in [5, 5.41) is 3.58. The lowest BCUT2D eigenvalue weighted by molar-refractivity contribution is -0.115. The highest BCUT2D eigenvalue weighted by atomic mass is 35.5. The third kappa shape index (κ3) is 6.58. The summed E-state index contributed by atoms with van der Waals surface area (Å²) in [5.74, 6) is 0.164. The largest absolute Gasteiger partial charge is 0.388 e. The van der Waals surface area contributed by atoms with Crippen molar-refractivity contribution in [2.45, 2.75) is 45.4 Å². The maximum Gasteiger partial charge on any atom is 0.161 e. The minimum Gasteiger partial charge on any atom is -0.388 e. The van der Waals surface area contributed by atoms with E-state index >= 15 is 0 Å². The van der Waals surface area contributed by atoms with Gasteiger partial charge < -0.3 is 15.8 Å². The zero-order valence-electron chi connectivity index (χ0n) is 17.8. The van der Waals surface area contributed by atoms with Crippen LogP contribution in [0.5, 0.6) is 0 Å². The lowest BCUT2D eigenvalue weighted by Crippen LogP contribution is -2.30. The molecule has 0 aromatic heterocycles. The van der Waals surface area contributed by atoms with Crippen LogP contribution < -0.4 is 11.1 Å². The number of amidine groups is 1. The van der Waals surface area contributed by atoms with Crippen LogP contribution in [0.25, 0.3) is 0 Å². The number of ketones is 1. The fourth-order valence-electron chi connectivity index (χ4n) is 3.19. The Hall–Kier alpha value is -2.37. The molecule has 0 aliphatic carbocycles. The second kappa shape index (κ2) is 13.0. The van der Waals surface area contributed by atoms with Crippen molar-refractivity contribution in [3.63, 3.8) is 0 Å². The molecule has 0 amide bonds. The van der Waals surface area contributed by atoms with Crippen molar-refractivity contribution in [3.05, 3.63) is 70.7 Å². The van der Waals surface area contributed by atoms with Gasteiger partial charge in [0.25, 0.3) is 0 Å². The van der Waals surface area contributed by atoms with Crippen molar-refractivity contribution in [2.24, 2.45) is 10.7 Å². The van der Waals surface area contributed by atoms with Crippen molar-refractivity contribution >= 4 is 23.2 Å². The van der Waals surface area contributed by atoms with Gasteiger partial charge in [-0.3, -0.25) is 4.79 Å². The SMILES string of the molecule is C=CN/C=C1\C(N)=NC(CCC)=C(C(=O)CCC)C1c1ccccc1Cl.COC. The third-order valence-corrected chi connectivity index (χ3v) is 4.64. The summed E-state index contributed by atoms with van der Waals surface area (Å²) in [7, 11) is 3.25. The summed E-state index contributed by atoms with van der Waals surface area (Å²) < 4.78 is 4.25. The van der Waals surface area contributed by atoms with Crippen molar-refractivity contribution in [2.75, 3.05) is 14.2 Å². The number of carbonyl (C=O) groups excluding carboxylic acids is 1. The van der Waals surface area contributed by atoms with E-state index in [0.717, 1.165) is 29.7 Å². The first-order valence-electron chi connectivity index (χ1n) is 9.78. The predicted molar refractivity (Wildman–Crippen MR) is 122 cm³/mol. The topological polar surface area (TPSA) is 76.7 Å². The molecule has 0 saturated carbocycles. The molecule has 3 N–H and O–H groups in total. The minimum absolute atomic E-state index is 0.0987. The van der Waals surface area contributed by atoms with Crippen molar-refractivity contribution in [1.82, 2.24) is 5.32 Å². The van der Waals surface area contributed by atoms with Crippen LogP contribution in [0.2, 0.25) is 5.02 Å². The van der Waals surface area contributed by atoms with Gasteiger partial charge in [-0.1, -0.05) is 56.6 Å². The van der Waals surface area contributed by atoms with Crippen LogP contribution >= 0.6 is 11.6 Å². The average molecular weight is 418 g/mol. The number of Topliss-reactive ketones (excluding diaryl/α,β-unsaturated/α-hetero) is 1. The van der Waals surface area contributed by atoms with Gasteiger partial charge in [-0.05, 0) is 30.7 Å². The van der Waals surface area contributed by atoms with Gasteiger partial charge in [0, 0.05) is 48.9 Å². The second-order valence-electron chi connectivity index (χ2n) is 6.61. The van der Waals surface area contributed by atoms with E-state index in [2.05, 4.69) is 28.5 Å². The molecule has 0 fully saturated rings. The normalized spacial score (nSPS) is 17.3. The summed E-state index contributed by atoms with van der Waals surface area (Å²) in [5.41, 5.74) is 9.34. The summed E-state index contributed by atoms with van der Waals surface area (Å²) in [6, 6.07) is 7.57. The molecule has 1 aromatic carbocycles. The molecule has 1 atom stereocenters. The number of ether oxygens (including phenoxy) is 1. The Bertz CT molecular complexity index is 797. The van der Waals surface area contributed by atoms with E-state index in [-0.39, 0.29) is 11.7 Å². The Balaban J connectivity index is 0.00000132. The van der Waals surface area contributed by atoms with Gasteiger partial charge in [-0.25, -0.2) is 4.99 Å². The maximum absolute atomic E-state index is 13.0. The van der Waals surface area contributed by atoms with Crippen LogP contribution in [0.3, 0.4) is 0 Å². The van der Waals surface area contributed by atoms with Gasteiger partial charge in [-0.15, -0.1) is 0 Å². The zero-order chi connectivity index (χ0) is 21.8. The van der Waals surface area contributed by atoms with E-state index in [1.807, 2.05) is 31.2 Å². The average Bonchev–Trinajstić information content (AvgIpc) is 2.68. The number of methoxy groups -OCH3 is 1. The van der Waals surface area contributed by atoms with Crippen molar-refractivity contribution in [1.29, 1.82) is 0 Å². The highest BCUT2D eigenvalue weighted by Crippen LogP contribution is 2.42. The van der Waals surface area contributed by atoms with E-state index in [9.17, 15) is 4.79 Å². The van der Waals surface area contributed by atoms with Crippen LogP contribution in [0.15, 0.2) is 65.1 Å². The number of nitrogens with zero attached hydrogens (tertiary/aromatic N) is 1.